The van der Waals surface area contributed by atoms with Crippen molar-refractivity contribution in [2.45, 2.75) is 25.7 Å². The smallest absolute Gasteiger partial charge is 0.255 e. The third-order valence-electron chi connectivity index (χ3n) is 5.29. The van der Waals surface area contributed by atoms with Crippen molar-refractivity contribution in [1.82, 2.24) is 35.3 Å². The Hall–Kier alpha value is -3.88. The van der Waals surface area contributed by atoms with Crippen molar-refractivity contribution >= 4 is 5.91 Å². The number of H-pyrrole nitrogens is 1. The van der Waals surface area contributed by atoms with Crippen molar-refractivity contribution in [3.05, 3.63) is 78.0 Å². The number of aryl methyl sites for hydroxylation is 1. The molecule has 2 aromatic carbocycles. The Balaban J connectivity index is 1.24. The summed E-state index contributed by atoms with van der Waals surface area (Å²) in [5.74, 6) is -0.319. The maximum atomic E-state index is 13.1. The molecule has 1 amide bonds. The van der Waals surface area contributed by atoms with E-state index in [0.29, 0.717) is 17.8 Å². The number of carbonyl (C=O) groups excluding carboxylic acids is 1. The normalized spacial score (nSPS) is 10.9. The lowest BCUT2D eigenvalue weighted by Gasteiger charge is -2.18. The van der Waals surface area contributed by atoms with E-state index in [1.807, 2.05) is 31.3 Å². The molecule has 0 fully saturated rings. The lowest BCUT2D eigenvalue weighted by Crippen LogP contribution is -2.28. The molecular formula is C23H24FN7O. The first-order valence-corrected chi connectivity index (χ1v) is 10.5. The van der Waals surface area contributed by atoms with Gasteiger partial charge in [0.1, 0.15) is 12.1 Å². The molecule has 0 saturated carbocycles. The molecule has 2 heterocycles. The summed E-state index contributed by atoms with van der Waals surface area (Å²) in [5, 5.41) is 18.5. The van der Waals surface area contributed by atoms with E-state index in [1.165, 1.54) is 23.1 Å². The number of tetrazole rings is 1. The van der Waals surface area contributed by atoms with Crippen LogP contribution in [0.4, 0.5) is 4.39 Å². The lowest BCUT2D eigenvalue weighted by atomic mass is 10.1. The number of unbranched alkanes of at least 4 members (excludes halogenated alkanes) is 2. The van der Waals surface area contributed by atoms with Gasteiger partial charge in [0.05, 0.1) is 16.9 Å². The maximum absolute atomic E-state index is 13.1. The topological polar surface area (TPSA) is 92.6 Å². The van der Waals surface area contributed by atoms with E-state index in [0.717, 1.165) is 42.6 Å². The summed E-state index contributed by atoms with van der Waals surface area (Å²) >= 11 is 0. The second-order valence-corrected chi connectivity index (χ2v) is 7.59. The summed E-state index contributed by atoms with van der Waals surface area (Å²) in [4.78, 5) is 14.6. The molecular weight excluding hydrogens is 409 g/mol. The number of nitrogens with zero attached hydrogens (tertiary/aromatic N) is 6. The third kappa shape index (κ3) is 5.05. The SMILES string of the molecule is CN(CCCCCc1cc(-c2ccc(F)cc2)n[nH]1)C(=O)c1ccccc1-n1cnnn1. The van der Waals surface area contributed by atoms with Gasteiger partial charge in [-0.3, -0.25) is 9.89 Å². The molecule has 0 aliphatic heterocycles. The fourth-order valence-electron chi connectivity index (χ4n) is 3.53. The number of halogens is 1. The van der Waals surface area contributed by atoms with Gasteiger partial charge in [0.2, 0.25) is 0 Å². The monoisotopic (exact) mass is 433 g/mol. The fourth-order valence-corrected chi connectivity index (χ4v) is 3.53. The van der Waals surface area contributed by atoms with E-state index in [9.17, 15) is 9.18 Å². The molecule has 0 unspecified atom stereocenters. The number of rotatable bonds is 9. The van der Waals surface area contributed by atoms with Crippen LogP contribution >= 0.6 is 0 Å². The van der Waals surface area contributed by atoms with Crippen LogP contribution in [0.25, 0.3) is 16.9 Å². The Bertz CT molecular complexity index is 1160. The van der Waals surface area contributed by atoms with Gasteiger partial charge in [-0.1, -0.05) is 18.6 Å². The number of hydrogen-bond acceptors (Lipinski definition) is 5. The summed E-state index contributed by atoms with van der Waals surface area (Å²) in [6.07, 6.45) is 5.21. The van der Waals surface area contributed by atoms with Crippen molar-refractivity contribution in [2.24, 2.45) is 0 Å². The number of para-hydroxylation sites is 1. The van der Waals surface area contributed by atoms with Gasteiger partial charge in [0, 0.05) is 24.8 Å². The van der Waals surface area contributed by atoms with E-state index < -0.39 is 0 Å². The van der Waals surface area contributed by atoms with Gasteiger partial charge in [0.25, 0.3) is 5.91 Å². The third-order valence-corrected chi connectivity index (χ3v) is 5.29. The van der Waals surface area contributed by atoms with Gasteiger partial charge >= 0.3 is 0 Å². The molecule has 164 valence electrons. The van der Waals surface area contributed by atoms with Gasteiger partial charge in [-0.05, 0) is 72.2 Å². The van der Waals surface area contributed by atoms with E-state index in [-0.39, 0.29) is 11.7 Å². The van der Waals surface area contributed by atoms with Crippen LogP contribution in [0.15, 0.2) is 60.9 Å². The summed E-state index contributed by atoms with van der Waals surface area (Å²) in [6.45, 7) is 0.659. The van der Waals surface area contributed by atoms with Gasteiger partial charge in [-0.25, -0.2) is 4.39 Å². The lowest BCUT2D eigenvalue weighted by molar-refractivity contribution is 0.0792. The molecule has 0 radical (unpaired) electrons. The second-order valence-electron chi connectivity index (χ2n) is 7.59. The quantitative estimate of drug-likeness (QED) is 0.407. The molecule has 0 saturated heterocycles. The minimum Gasteiger partial charge on any atom is -0.342 e. The van der Waals surface area contributed by atoms with Crippen molar-refractivity contribution < 1.29 is 9.18 Å². The number of carbonyl (C=O) groups is 1. The van der Waals surface area contributed by atoms with Gasteiger partial charge < -0.3 is 4.90 Å². The highest BCUT2D eigenvalue weighted by Crippen LogP contribution is 2.19. The van der Waals surface area contributed by atoms with Gasteiger partial charge in [-0.15, -0.1) is 5.10 Å². The van der Waals surface area contributed by atoms with Crippen LogP contribution < -0.4 is 0 Å². The zero-order chi connectivity index (χ0) is 22.3. The van der Waals surface area contributed by atoms with Crippen molar-refractivity contribution in [3.63, 3.8) is 0 Å². The second kappa shape index (κ2) is 9.95. The van der Waals surface area contributed by atoms with Crippen molar-refractivity contribution in [2.75, 3.05) is 13.6 Å². The first-order chi connectivity index (χ1) is 15.6. The van der Waals surface area contributed by atoms with Gasteiger partial charge in [0.15, 0.2) is 0 Å². The Labute approximate surface area is 185 Å². The van der Waals surface area contributed by atoms with Crippen LogP contribution in [0, 0.1) is 5.82 Å². The average Bonchev–Trinajstić information content (AvgIpc) is 3.51. The summed E-state index contributed by atoms with van der Waals surface area (Å²) < 4.78 is 14.6. The van der Waals surface area contributed by atoms with Crippen molar-refractivity contribution in [1.29, 1.82) is 0 Å². The molecule has 9 heteroatoms. The molecule has 0 spiro atoms. The van der Waals surface area contributed by atoms with Crippen LogP contribution in [-0.4, -0.2) is 54.8 Å². The van der Waals surface area contributed by atoms with E-state index in [4.69, 9.17) is 0 Å². The van der Waals surface area contributed by atoms with Gasteiger partial charge in [-0.2, -0.15) is 9.78 Å². The highest BCUT2D eigenvalue weighted by atomic mass is 19.1. The Morgan fingerprint density at radius 1 is 1.09 bits per heavy atom. The minimum atomic E-state index is -0.258. The molecule has 1 N–H and O–H groups in total. The van der Waals surface area contributed by atoms with Crippen LogP contribution in [0.5, 0.6) is 0 Å². The zero-order valence-corrected chi connectivity index (χ0v) is 17.8. The predicted octanol–water partition coefficient (Wildman–Crippen LogP) is 3.68. The standard InChI is InChI=1S/C23H24FN7O/c1-30(23(32)20-8-4-5-9-22(20)31-16-25-28-29-31)14-6-2-3-7-19-15-21(27-26-19)17-10-12-18(24)13-11-17/h4-5,8-13,15-16H,2-3,6-7,14H2,1H3,(H,26,27). The molecule has 2 aromatic heterocycles. The number of benzene rings is 2. The highest BCUT2D eigenvalue weighted by Gasteiger charge is 2.17. The number of nitrogens with one attached hydrogen (secondary N) is 1. The first kappa shape index (κ1) is 21.4. The Kier molecular flexibility index (Phi) is 6.64. The first-order valence-electron chi connectivity index (χ1n) is 10.5. The Morgan fingerprint density at radius 2 is 1.91 bits per heavy atom. The molecule has 0 bridgehead atoms. The molecule has 4 aromatic rings. The average molecular weight is 433 g/mol. The summed E-state index contributed by atoms with van der Waals surface area (Å²) in [5.41, 5.74) is 3.96. The number of hydrogen-bond donors (Lipinski definition) is 1. The van der Waals surface area contributed by atoms with Crippen LogP contribution in [0.2, 0.25) is 0 Å². The van der Waals surface area contributed by atoms with Crippen molar-refractivity contribution in [3.8, 4) is 16.9 Å². The molecule has 0 aliphatic carbocycles. The summed E-state index contributed by atoms with van der Waals surface area (Å²) in [6, 6.07) is 15.6. The number of amides is 1. The molecule has 4 rings (SSSR count). The number of aromatic nitrogens is 6. The predicted molar refractivity (Wildman–Crippen MR) is 118 cm³/mol. The molecule has 0 aliphatic rings. The summed E-state index contributed by atoms with van der Waals surface area (Å²) in [7, 11) is 1.81. The maximum Gasteiger partial charge on any atom is 0.255 e. The largest absolute Gasteiger partial charge is 0.342 e. The van der Waals surface area contributed by atoms with E-state index in [2.05, 4.69) is 25.7 Å². The minimum absolute atomic E-state index is 0.0615. The van der Waals surface area contributed by atoms with Crippen LogP contribution in [0.1, 0.15) is 35.3 Å². The van der Waals surface area contributed by atoms with E-state index in [1.54, 1.807) is 23.1 Å². The molecule has 32 heavy (non-hydrogen) atoms. The number of aromatic amines is 1. The van der Waals surface area contributed by atoms with Crippen LogP contribution in [-0.2, 0) is 6.42 Å². The van der Waals surface area contributed by atoms with E-state index >= 15 is 0 Å². The zero-order valence-electron chi connectivity index (χ0n) is 17.8. The molecule has 8 nitrogen and oxygen atoms in total. The van der Waals surface area contributed by atoms with Crippen LogP contribution in [0.3, 0.4) is 0 Å². The fraction of sp³-hybridized carbons (Fsp3) is 0.261. The molecule has 0 atom stereocenters. The Morgan fingerprint density at radius 3 is 2.69 bits per heavy atom. The highest BCUT2D eigenvalue weighted by molar-refractivity contribution is 5.97.